The van der Waals surface area contributed by atoms with E-state index >= 15 is 0 Å². The first-order chi connectivity index (χ1) is 45.9. The lowest BCUT2D eigenvalue weighted by Crippen LogP contribution is -2.30. The zero-order chi connectivity index (χ0) is 70.0. The van der Waals surface area contributed by atoms with Crippen molar-refractivity contribution in [1.82, 2.24) is 0 Å². The number of carbonyl (C=O) groups is 4. The predicted octanol–water partition coefficient (Wildman–Crippen LogP) is 22.3. The fourth-order valence-corrected chi connectivity index (χ4v) is 13.2. The van der Waals surface area contributed by atoms with Gasteiger partial charge < -0.3 is 33.8 Å². The highest BCUT2D eigenvalue weighted by molar-refractivity contribution is 7.47. The van der Waals surface area contributed by atoms with Gasteiger partial charge in [0.2, 0.25) is 0 Å². The topological polar surface area (TPSA) is 237 Å². The van der Waals surface area contributed by atoms with Crippen LogP contribution < -0.4 is 0 Å². The van der Waals surface area contributed by atoms with Crippen LogP contribution in [0, 0.1) is 11.8 Å². The molecule has 0 aromatic heterocycles. The van der Waals surface area contributed by atoms with Crippen LogP contribution in [0.4, 0.5) is 0 Å². The van der Waals surface area contributed by atoms with E-state index < -0.39 is 97.5 Å². The van der Waals surface area contributed by atoms with Crippen molar-refractivity contribution >= 4 is 39.5 Å². The molecule has 0 aromatic rings. The van der Waals surface area contributed by atoms with E-state index in [0.29, 0.717) is 25.7 Å². The summed E-state index contributed by atoms with van der Waals surface area (Å²) in [6.45, 7) is 9.63. The number of esters is 4. The molecule has 0 saturated carbocycles. The third-order valence-electron chi connectivity index (χ3n) is 18.1. The average molecular weight is 1400 g/mol. The van der Waals surface area contributed by atoms with Gasteiger partial charge in [-0.3, -0.25) is 37.3 Å². The third-order valence-corrected chi connectivity index (χ3v) is 20.0. The van der Waals surface area contributed by atoms with Crippen molar-refractivity contribution in [3.8, 4) is 0 Å². The number of ether oxygens (including phenoxy) is 4. The van der Waals surface area contributed by atoms with Crippen LogP contribution in [0.3, 0.4) is 0 Å². The van der Waals surface area contributed by atoms with E-state index in [4.69, 9.17) is 37.0 Å². The Balaban J connectivity index is 5.18. The van der Waals surface area contributed by atoms with Crippen LogP contribution in [0.2, 0.25) is 0 Å². The lowest BCUT2D eigenvalue weighted by atomic mass is 9.99. The second-order valence-electron chi connectivity index (χ2n) is 28.1. The number of aliphatic hydroxyl groups is 1. The van der Waals surface area contributed by atoms with Crippen LogP contribution >= 0.6 is 15.6 Å². The molecule has 0 heterocycles. The molecular weight excluding hydrogens is 1250 g/mol. The molecule has 0 fully saturated rings. The van der Waals surface area contributed by atoms with Gasteiger partial charge in [0.15, 0.2) is 12.2 Å². The van der Waals surface area contributed by atoms with Crippen LogP contribution in [-0.4, -0.2) is 96.7 Å². The Labute approximate surface area is 581 Å². The van der Waals surface area contributed by atoms with Crippen molar-refractivity contribution in [2.45, 2.75) is 413 Å². The van der Waals surface area contributed by atoms with Gasteiger partial charge in [-0.2, -0.15) is 0 Å². The number of phosphoric ester groups is 2. The number of aliphatic hydroxyl groups excluding tert-OH is 1. The monoisotopic (exact) mass is 1400 g/mol. The molecule has 0 aliphatic rings. The summed E-state index contributed by atoms with van der Waals surface area (Å²) < 4.78 is 68.4. The Morgan fingerprint density at radius 1 is 0.305 bits per heavy atom. The van der Waals surface area contributed by atoms with E-state index in [-0.39, 0.29) is 25.7 Å². The summed E-state index contributed by atoms with van der Waals surface area (Å²) in [4.78, 5) is 72.7. The molecule has 0 radical (unpaired) electrons. The van der Waals surface area contributed by atoms with Crippen LogP contribution in [0.1, 0.15) is 395 Å². The Kier molecular flexibility index (Phi) is 66.5. The maximum absolute atomic E-state index is 13.1. The van der Waals surface area contributed by atoms with Crippen molar-refractivity contribution < 1.29 is 80.2 Å². The number of rotatable bonds is 75. The van der Waals surface area contributed by atoms with E-state index in [9.17, 15) is 43.2 Å². The standard InChI is InChI=1S/C76H148O17P2/c1-7-10-12-14-16-18-19-29-36-42-48-54-60-75(80)92-71(64-86-73(78)58-52-46-40-17-15-13-11-8-2)66-90-94(82,83)88-62-70(77)63-89-95(84,85)91-67-72(65-87-74(79)59-53-47-41-35-32-31-34-39-45-51-57-69(6)9-3)93-76(81)61-55-49-43-37-30-27-25-23-21-20-22-24-26-28-33-38-44-50-56-68(4)5/h68-72,77H,7-67H2,1-6H3,(H,82,83)(H,84,85)/t69?,70-,71+,72+/m0/s1. The highest BCUT2D eigenvalue weighted by atomic mass is 31.2. The number of hydrogen-bond donors (Lipinski definition) is 3. The second-order valence-corrected chi connectivity index (χ2v) is 31.0. The van der Waals surface area contributed by atoms with Gasteiger partial charge in [0.25, 0.3) is 0 Å². The number of phosphoric acid groups is 2. The first kappa shape index (κ1) is 93.1. The van der Waals surface area contributed by atoms with Gasteiger partial charge in [0.1, 0.15) is 19.3 Å². The highest BCUT2D eigenvalue weighted by Gasteiger charge is 2.30. The lowest BCUT2D eigenvalue weighted by Gasteiger charge is -2.21. The smallest absolute Gasteiger partial charge is 0.462 e. The van der Waals surface area contributed by atoms with Crippen molar-refractivity contribution in [2.24, 2.45) is 11.8 Å². The van der Waals surface area contributed by atoms with E-state index in [2.05, 4.69) is 41.5 Å². The maximum atomic E-state index is 13.1. The molecule has 3 N–H and O–H groups in total. The van der Waals surface area contributed by atoms with E-state index in [0.717, 1.165) is 108 Å². The fourth-order valence-electron chi connectivity index (χ4n) is 11.6. The van der Waals surface area contributed by atoms with Gasteiger partial charge >= 0.3 is 39.5 Å². The van der Waals surface area contributed by atoms with E-state index in [1.807, 2.05) is 0 Å². The Morgan fingerprint density at radius 2 is 0.537 bits per heavy atom. The quantitative estimate of drug-likeness (QED) is 0.0222. The number of unbranched alkanes of at least 4 members (excludes halogenated alkanes) is 44. The molecule has 0 amide bonds. The molecule has 0 saturated heterocycles. The molecule has 0 aromatic carbocycles. The molecular formula is C76H148O17P2. The minimum atomic E-state index is -4.96. The van der Waals surface area contributed by atoms with Crippen LogP contribution in [0.15, 0.2) is 0 Å². The van der Waals surface area contributed by atoms with Crippen LogP contribution in [-0.2, 0) is 65.4 Å². The molecule has 0 aliphatic heterocycles. The molecule has 0 rings (SSSR count). The second kappa shape index (κ2) is 67.9. The van der Waals surface area contributed by atoms with Crippen molar-refractivity contribution in [2.75, 3.05) is 39.6 Å². The molecule has 95 heavy (non-hydrogen) atoms. The first-order valence-electron chi connectivity index (χ1n) is 39.5. The summed E-state index contributed by atoms with van der Waals surface area (Å²) in [6.07, 6.45) is 55.5. The van der Waals surface area contributed by atoms with Crippen LogP contribution in [0.25, 0.3) is 0 Å². The molecule has 17 nitrogen and oxygen atoms in total. The van der Waals surface area contributed by atoms with Gasteiger partial charge in [-0.05, 0) is 37.5 Å². The molecule has 19 heteroatoms. The van der Waals surface area contributed by atoms with Crippen molar-refractivity contribution in [3.05, 3.63) is 0 Å². The number of carbonyl (C=O) groups excluding carboxylic acids is 4. The van der Waals surface area contributed by atoms with Gasteiger partial charge in [-0.15, -0.1) is 0 Å². The Bertz CT molecular complexity index is 1840. The van der Waals surface area contributed by atoms with Crippen molar-refractivity contribution in [1.29, 1.82) is 0 Å². The summed E-state index contributed by atoms with van der Waals surface area (Å²) >= 11 is 0. The molecule has 564 valence electrons. The highest BCUT2D eigenvalue weighted by Crippen LogP contribution is 2.45. The summed E-state index contributed by atoms with van der Waals surface area (Å²) in [5.74, 6) is -0.488. The maximum Gasteiger partial charge on any atom is 0.472 e. The van der Waals surface area contributed by atoms with Gasteiger partial charge in [0, 0.05) is 25.7 Å². The minimum absolute atomic E-state index is 0.107. The molecule has 3 unspecified atom stereocenters. The molecule has 0 bridgehead atoms. The van der Waals surface area contributed by atoms with Crippen molar-refractivity contribution in [3.63, 3.8) is 0 Å². The summed E-state index contributed by atoms with van der Waals surface area (Å²) in [6, 6.07) is 0. The largest absolute Gasteiger partial charge is 0.472 e. The summed E-state index contributed by atoms with van der Waals surface area (Å²) in [5.41, 5.74) is 0. The minimum Gasteiger partial charge on any atom is -0.462 e. The third kappa shape index (κ3) is 69.0. The Morgan fingerprint density at radius 3 is 0.800 bits per heavy atom. The van der Waals surface area contributed by atoms with Crippen LogP contribution in [0.5, 0.6) is 0 Å². The molecule has 0 aliphatic carbocycles. The van der Waals surface area contributed by atoms with E-state index in [1.165, 1.54) is 205 Å². The lowest BCUT2D eigenvalue weighted by molar-refractivity contribution is -0.161. The predicted molar refractivity (Wildman–Crippen MR) is 386 cm³/mol. The van der Waals surface area contributed by atoms with Gasteiger partial charge in [-0.1, -0.05) is 343 Å². The molecule has 6 atom stereocenters. The first-order valence-corrected chi connectivity index (χ1v) is 42.5. The number of hydrogen-bond acceptors (Lipinski definition) is 15. The van der Waals surface area contributed by atoms with E-state index in [1.54, 1.807) is 0 Å². The summed E-state index contributed by atoms with van der Waals surface area (Å²) in [5, 5.41) is 10.6. The van der Waals surface area contributed by atoms with Gasteiger partial charge in [0.05, 0.1) is 26.4 Å². The molecule has 0 spiro atoms. The summed E-state index contributed by atoms with van der Waals surface area (Å²) in [7, 11) is -9.91. The van der Waals surface area contributed by atoms with Gasteiger partial charge in [-0.25, -0.2) is 9.13 Å². The average Bonchev–Trinajstić information content (AvgIpc) is 1.85. The normalized spacial score (nSPS) is 14.3. The SMILES string of the molecule is CCCCCCCCCCCCCCC(=O)O[C@H](COC(=O)CCCCCCCCCC)COP(=O)(O)OC[C@H](O)COP(=O)(O)OC[C@@H](COC(=O)CCCCCCCCCCCCC(C)CC)OC(=O)CCCCCCCCCCCCCCCCCCCCC(C)C. The zero-order valence-corrected chi connectivity index (χ0v) is 63.8. The Hall–Kier alpha value is -1.94. The fraction of sp³-hybridized carbons (Fsp3) is 0.947. The zero-order valence-electron chi connectivity index (χ0n) is 62.0.